The Bertz CT molecular complexity index is 1110. The van der Waals surface area contributed by atoms with Gasteiger partial charge in [0.1, 0.15) is 23.4 Å². The van der Waals surface area contributed by atoms with E-state index in [4.69, 9.17) is 21.1 Å². The number of hydrogen-bond donors (Lipinski definition) is 2. The number of carbonyl (C=O) groups excluding carboxylic acids is 2. The van der Waals surface area contributed by atoms with Crippen LogP contribution in [-0.2, 0) is 9.59 Å². The monoisotopic (exact) mass is 426 g/mol. The number of aromatic nitrogens is 2. The minimum Gasteiger partial charge on any atom is -0.497 e. The van der Waals surface area contributed by atoms with Gasteiger partial charge in [-0.15, -0.1) is 0 Å². The van der Waals surface area contributed by atoms with Crippen LogP contribution in [0, 0.1) is 0 Å². The first-order chi connectivity index (χ1) is 14.5. The van der Waals surface area contributed by atoms with Crippen LogP contribution in [-0.4, -0.2) is 35.8 Å². The number of amides is 2. The Balaban J connectivity index is 1.62. The minimum atomic E-state index is -0.790. The average molecular weight is 427 g/mol. The fraction of sp³-hybridized carbons (Fsp3) is 0.190. The van der Waals surface area contributed by atoms with Crippen molar-refractivity contribution in [1.82, 2.24) is 9.78 Å². The number of ether oxygens (including phenoxy) is 2. The molecule has 2 heterocycles. The molecule has 1 unspecified atom stereocenters. The maximum Gasteiger partial charge on any atom is 0.249 e. The summed E-state index contributed by atoms with van der Waals surface area (Å²) in [5, 5.41) is 10.4. The molecule has 1 aliphatic heterocycles. The molecule has 8 nitrogen and oxygen atoms in total. The lowest BCUT2D eigenvalue weighted by molar-refractivity contribution is -0.125. The van der Waals surface area contributed by atoms with Gasteiger partial charge in [0.15, 0.2) is 0 Å². The molecule has 0 saturated heterocycles. The van der Waals surface area contributed by atoms with E-state index in [1.165, 1.54) is 11.8 Å². The number of nitrogens with one attached hydrogen (secondary N) is 2. The molecule has 0 bridgehead atoms. The lowest BCUT2D eigenvalue weighted by atomic mass is 10.1. The zero-order chi connectivity index (χ0) is 21.3. The number of benzene rings is 2. The first kappa shape index (κ1) is 19.8. The molecule has 0 fully saturated rings. The lowest BCUT2D eigenvalue weighted by Crippen LogP contribution is -2.35. The van der Waals surface area contributed by atoms with Crippen molar-refractivity contribution in [2.45, 2.75) is 12.5 Å². The normalized spacial score (nSPS) is 15.2. The largest absolute Gasteiger partial charge is 0.497 e. The number of nitrogens with zero attached hydrogens (tertiary/aromatic N) is 2. The van der Waals surface area contributed by atoms with E-state index >= 15 is 0 Å². The topological polar surface area (TPSA) is 94.5 Å². The highest BCUT2D eigenvalue weighted by Gasteiger charge is 2.33. The molecule has 2 N–H and O–H groups in total. The molecule has 0 spiro atoms. The molecule has 9 heteroatoms. The Hall–Kier alpha value is -3.52. The van der Waals surface area contributed by atoms with Gasteiger partial charge in [-0.25, -0.2) is 4.68 Å². The third kappa shape index (κ3) is 3.69. The molecule has 2 aromatic carbocycles. The molecule has 1 aliphatic rings. The zero-order valence-electron chi connectivity index (χ0n) is 16.3. The smallest absolute Gasteiger partial charge is 0.249 e. The SMILES string of the molecule is COc1ccc(-c2cnn3c2NC(=O)CC3C(=O)Nc2ccc(OC)c(Cl)c2)cc1. The second kappa shape index (κ2) is 8.08. The van der Waals surface area contributed by atoms with Gasteiger partial charge >= 0.3 is 0 Å². The highest BCUT2D eigenvalue weighted by molar-refractivity contribution is 6.32. The van der Waals surface area contributed by atoms with Gasteiger partial charge in [0, 0.05) is 11.3 Å². The van der Waals surface area contributed by atoms with Crippen LogP contribution >= 0.6 is 11.6 Å². The van der Waals surface area contributed by atoms with Gasteiger partial charge in [-0.1, -0.05) is 23.7 Å². The van der Waals surface area contributed by atoms with Crippen LogP contribution in [0.15, 0.2) is 48.7 Å². The average Bonchev–Trinajstić information content (AvgIpc) is 3.17. The number of anilines is 2. The summed E-state index contributed by atoms with van der Waals surface area (Å²) in [5.74, 6) is 1.08. The van der Waals surface area contributed by atoms with E-state index in [0.717, 1.165) is 16.9 Å². The minimum absolute atomic E-state index is 0.0214. The van der Waals surface area contributed by atoms with E-state index in [2.05, 4.69) is 15.7 Å². The predicted molar refractivity (Wildman–Crippen MR) is 113 cm³/mol. The third-order valence-corrected chi connectivity index (χ3v) is 5.15. The molecule has 2 amide bonds. The fourth-order valence-corrected chi connectivity index (χ4v) is 3.58. The molecule has 0 saturated carbocycles. The Labute approximate surface area is 177 Å². The summed E-state index contributed by atoms with van der Waals surface area (Å²) in [7, 11) is 3.11. The Kier molecular flexibility index (Phi) is 5.33. The van der Waals surface area contributed by atoms with E-state index in [1.807, 2.05) is 24.3 Å². The van der Waals surface area contributed by atoms with Crippen molar-refractivity contribution >= 4 is 34.9 Å². The summed E-state index contributed by atoms with van der Waals surface area (Å²) < 4.78 is 11.8. The first-order valence-corrected chi connectivity index (χ1v) is 9.54. The van der Waals surface area contributed by atoms with Crippen molar-refractivity contribution in [2.75, 3.05) is 24.9 Å². The standard InChI is InChI=1S/C21H19ClN4O4/c1-29-14-6-3-12(4-7-14)15-11-23-26-17(10-19(27)25-20(15)26)21(28)24-13-5-8-18(30-2)16(22)9-13/h3-9,11,17H,10H2,1-2H3,(H,24,28)(H,25,27). The zero-order valence-corrected chi connectivity index (χ0v) is 17.1. The van der Waals surface area contributed by atoms with Crippen LogP contribution in [0.4, 0.5) is 11.5 Å². The van der Waals surface area contributed by atoms with Crippen molar-refractivity contribution < 1.29 is 19.1 Å². The summed E-state index contributed by atoms with van der Waals surface area (Å²) in [4.78, 5) is 25.3. The number of methoxy groups -OCH3 is 2. The van der Waals surface area contributed by atoms with E-state index in [9.17, 15) is 9.59 Å². The summed E-state index contributed by atoms with van der Waals surface area (Å²) >= 11 is 6.13. The van der Waals surface area contributed by atoms with Crippen LogP contribution < -0.4 is 20.1 Å². The molecule has 154 valence electrons. The predicted octanol–water partition coefficient (Wildman–Crippen LogP) is 3.74. The molecular weight excluding hydrogens is 408 g/mol. The van der Waals surface area contributed by atoms with Gasteiger partial charge < -0.3 is 20.1 Å². The van der Waals surface area contributed by atoms with Gasteiger partial charge in [0.05, 0.1) is 31.9 Å². The Morgan fingerprint density at radius 1 is 1.20 bits per heavy atom. The third-order valence-electron chi connectivity index (χ3n) is 4.85. The first-order valence-electron chi connectivity index (χ1n) is 9.16. The van der Waals surface area contributed by atoms with E-state index in [1.54, 1.807) is 31.5 Å². The van der Waals surface area contributed by atoms with Crippen molar-refractivity contribution in [3.8, 4) is 22.6 Å². The molecule has 3 aromatic rings. The quantitative estimate of drug-likeness (QED) is 0.648. The Morgan fingerprint density at radius 3 is 2.63 bits per heavy atom. The maximum atomic E-state index is 12.9. The highest BCUT2D eigenvalue weighted by atomic mass is 35.5. The molecule has 4 rings (SSSR count). The summed E-state index contributed by atoms with van der Waals surface area (Å²) in [6, 6.07) is 11.5. The lowest BCUT2D eigenvalue weighted by Gasteiger charge is -2.24. The number of fused-ring (bicyclic) bond motifs is 1. The second-order valence-electron chi connectivity index (χ2n) is 6.69. The maximum absolute atomic E-state index is 12.9. The summed E-state index contributed by atoms with van der Waals surface area (Å²) in [5.41, 5.74) is 2.07. The van der Waals surface area contributed by atoms with Crippen molar-refractivity contribution in [2.24, 2.45) is 0 Å². The number of carbonyl (C=O) groups is 2. The highest BCUT2D eigenvalue weighted by Crippen LogP contribution is 2.35. The second-order valence-corrected chi connectivity index (χ2v) is 7.09. The van der Waals surface area contributed by atoms with Crippen LogP contribution in [0.3, 0.4) is 0 Å². The van der Waals surface area contributed by atoms with Crippen molar-refractivity contribution in [3.63, 3.8) is 0 Å². The summed E-state index contributed by atoms with van der Waals surface area (Å²) in [6.07, 6.45) is 1.61. The Morgan fingerprint density at radius 2 is 1.97 bits per heavy atom. The van der Waals surface area contributed by atoms with Gasteiger partial charge in [-0.2, -0.15) is 5.10 Å². The number of hydrogen-bond acceptors (Lipinski definition) is 5. The summed E-state index contributed by atoms with van der Waals surface area (Å²) in [6.45, 7) is 0. The van der Waals surface area contributed by atoms with E-state index in [0.29, 0.717) is 22.3 Å². The van der Waals surface area contributed by atoms with Crippen molar-refractivity contribution in [3.05, 3.63) is 53.7 Å². The number of rotatable bonds is 5. The molecule has 0 radical (unpaired) electrons. The molecular formula is C21H19ClN4O4. The van der Waals surface area contributed by atoms with E-state index in [-0.39, 0.29) is 18.2 Å². The number of halogens is 1. The fourth-order valence-electron chi connectivity index (χ4n) is 3.32. The van der Waals surface area contributed by atoms with Gasteiger partial charge in [0.25, 0.3) is 0 Å². The van der Waals surface area contributed by atoms with Crippen LogP contribution in [0.5, 0.6) is 11.5 Å². The van der Waals surface area contributed by atoms with Crippen molar-refractivity contribution in [1.29, 1.82) is 0 Å². The van der Waals surface area contributed by atoms with Gasteiger partial charge in [0.2, 0.25) is 11.8 Å². The van der Waals surface area contributed by atoms with Crippen LogP contribution in [0.2, 0.25) is 5.02 Å². The van der Waals surface area contributed by atoms with Crippen LogP contribution in [0.25, 0.3) is 11.1 Å². The molecule has 1 aromatic heterocycles. The van der Waals surface area contributed by atoms with Gasteiger partial charge in [-0.05, 0) is 35.9 Å². The van der Waals surface area contributed by atoms with E-state index < -0.39 is 6.04 Å². The van der Waals surface area contributed by atoms with Gasteiger partial charge in [-0.3, -0.25) is 9.59 Å². The molecule has 0 aliphatic carbocycles. The molecule has 30 heavy (non-hydrogen) atoms. The van der Waals surface area contributed by atoms with Crippen LogP contribution in [0.1, 0.15) is 12.5 Å². The molecule has 1 atom stereocenters.